The summed E-state index contributed by atoms with van der Waals surface area (Å²) in [6, 6.07) is 0. The molecule has 0 heterocycles. The zero-order valence-corrected chi connectivity index (χ0v) is 14.2. The van der Waals surface area contributed by atoms with Gasteiger partial charge in [-0.2, -0.15) is 0 Å². The molecule has 3 fully saturated rings. The predicted molar refractivity (Wildman–Crippen MR) is 86.3 cm³/mol. The van der Waals surface area contributed by atoms with E-state index >= 15 is 0 Å². The zero-order chi connectivity index (χ0) is 15.7. The summed E-state index contributed by atoms with van der Waals surface area (Å²) in [6.45, 7) is 7.02. The molecule has 120 valence electrons. The van der Waals surface area contributed by atoms with Crippen LogP contribution in [0.25, 0.3) is 0 Å². The fourth-order valence-electron chi connectivity index (χ4n) is 6.68. The van der Waals surface area contributed by atoms with Gasteiger partial charge in [-0.3, -0.25) is 9.59 Å². The van der Waals surface area contributed by atoms with Crippen molar-refractivity contribution in [1.82, 2.24) is 0 Å². The van der Waals surface area contributed by atoms with Crippen molar-refractivity contribution in [2.75, 3.05) is 0 Å². The van der Waals surface area contributed by atoms with Crippen LogP contribution in [0.3, 0.4) is 0 Å². The lowest BCUT2D eigenvalue weighted by atomic mass is 9.45. The molecule has 0 aromatic rings. The van der Waals surface area contributed by atoms with E-state index < -0.39 is 0 Å². The summed E-state index contributed by atoms with van der Waals surface area (Å²) in [5, 5.41) is 0. The van der Waals surface area contributed by atoms with Crippen LogP contribution < -0.4 is 0 Å². The summed E-state index contributed by atoms with van der Waals surface area (Å²) < 4.78 is 0. The normalized spacial score (nSPS) is 51.0. The smallest absolute Gasteiger partial charge is 0.155 e. The Bertz CT molecular complexity index is 574. The first-order chi connectivity index (χ1) is 10.4. The third-order valence-corrected chi connectivity index (χ3v) is 8.02. The highest BCUT2D eigenvalue weighted by Gasteiger charge is 2.60. The summed E-state index contributed by atoms with van der Waals surface area (Å²) in [5.41, 5.74) is 1.60. The molecule has 0 aliphatic heterocycles. The van der Waals surface area contributed by atoms with Gasteiger partial charge in [-0.25, -0.2) is 0 Å². The monoisotopic (exact) mass is 300 g/mol. The first-order valence-corrected chi connectivity index (χ1v) is 9.13. The van der Waals surface area contributed by atoms with E-state index in [2.05, 4.69) is 20.8 Å². The van der Waals surface area contributed by atoms with Gasteiger partial charge in [0, 0.05) is 18.3 Å². The van der Waals surface area contributed by atoms with Crippen LogP contribution in [0, 0.1) is 34.5 Å². The van der Waals surface area contributed by atoms with E-state index in [1.807, 2.05) is 6.08 Å². The number of hydrogen-bond donors (Lipinski definition) is 0. The van der Waals surface area contributed by atoms with Crippen LogP contribution in [0.2, 0.25) is 0 Å². The second kappa shape index (κ2) is 4.55. The van der Waals surface area contributed by atoms with Gasteiger partial charge in [0.2, 0.25) is 0 Å². The number of fused-ring (bicyclic) bond motifs is 5. The number of allylic oxidation sites excluding steroid dienone is 1. The van der Waals surface area contributed by atoms with Crippen molar-refractivity contribution >= 4 is 11.6 Å². The van der Waals surface area contributed by atoms with Crippen LogP contribution >= 0.6 is 0 Å². The Morgan fingerprint density at radius 3 is 2.50 bits per heavy atom. The van der Waals surface area contributed by atoms with Crippen molar-refractivity contribution in [3.05, 3.63) is 11.6 Å². The second-order valence-corrected chi connectivity index (χ2v) is 8.94. The summed E-state index contributed by atoms with van der Waals surface area (Å²) in [7, 11) is 0. The van der Waals surface area contributed by atoms with Crippen molar-refractivity contribution in [3.8, 4) is 0 Å². The quantitative estimate of drug-likeness (QED) is 0.667. The van der Waals surface area contributed by atoms with Crippen LogP contribution in [0.15, 0.2) is 11.6 Å². The first kappa shape index (κ1) is 14.7. The molecule has 2 nitrogen and oxygen atoms in total. The van der Waals surface area contributed by atoms with Crippen LogP contribution in [0.1, 0.15) is 65.7 Å². The van der Waals surface area contributed by atoms with Crippen LogP contribution in [-0.2, 0) is 9.59 Å². The molecule has 0 saturated heterocycles. The van der Waals surface area contributed by atoms with Gasteiger partial charge in [0.1, 0.15) is 5.78 Å². The molecule has 0 amide bonds. The summed E-state index contributed by atoms with van der Waals surface area (Å²) in [6.07, 6.45) is 8.95. The second-order valence-electron chi connectivity index (χ2n) is 8.94. The average molecular weight is 300 g/mol. The summed E-state index contributed by atoms with van der Waals surface area (Å²) >= 11 is 0. The van der Waals surface area contributed by atoms with E-state index in [1.165, 1.54) is 12.0 Å². The van der Waals surface area contributed by atoms with E-state index in [0.29, 0.717) is 35.2 Å². The number of Topliss-reactive ketones (excluding diaryl/α,β-unsaturated/α-hetero) is 1. The third kappa shape index (κ3) is 1.73. The topological polar surface area (TPSA) is 34.1 Å². The van der Waals surface area contributed by atoms with Crippen molar-refractivity contribution < 1.29 is 9.59 Å². The highest BCUT2D eigenvalue weighted by molar-refractivity contribution is 5.91. The maximum absolute atomic E-state index is 12.5. The molecular weight excluding hydrogens is 272 g/mol. The minimum atomic E-state index is -0.0442. The fraction of sp³-hybridized carbons (Fsp3) is 0.800. The maximum atomic E-state index is 12.5. The maximum Gasteiger partial charge on any atom is 0.155 e. The SMILES string of the molecule is C[C@@H]1CC2=CC(=O)CC[C@]2(C)[C@H]2CC[C@]3(C)C(=O)CC[C@H]3[C@H]12. The van der Waals surface area contributed by atoms with Crippen molar-refractivity contribution in [2.24, 2.45) is 34.5 Å². The molecule has 3 saturated carbocycles. The lowest BCUT2D eigenvalue weighted by Crippen LogP contribution is -2.53. The zero-order valence-electron chi connectivity index (χ0n) is 14.2. The van der Waals surface area contributed by atoms with Crippen molar-refractivity contribution in [2.45, 2.75) is 65.7 Å². The Kier molecular flexibility index (Phi) is 3.03. The predicted octanol–water partition coefficient (Wildman–Crippen LogP) is 4.33. The Balaban J connectivity index is 1.75. The molecule has 0 aromatic heterocycles. The van der Waals surface area contributed by atoms with E-state index in [9.17, 15) is 9.59 Å². The summed E-state index contributed by atoms with van der Waals surface area (Å²) in [4.78, 5) is 24.3. The molecule has 22 heavy (non-hydrogen) atoms. The van der Waals surface area contributed by atoms with E-state index in [0.717, 1.165) is 38.5 Å². The molecule has 0 bridgehead atoms. The molecule has 4 aliphatic rings. The van der Waals surface area contributed by atoms with Gasteiger partial charge < -0.3 is 0 Å². The lowest BCUT2D eigenvalue weighted by Gasteiger charge is -2.59. The molecule has 4 rings (SSSR count). The number of carbonyl (C=O) groups excluding carboxylic acids is 2. The average Bonchev–Trinajstić information content (AvgIpc) is 2.77. The van der Waals surface area contributed by atoms with Gasteiger partial charge in [0.25, 0.3) is 0 Å². The van der Waals surface area contributed by atoms with Gasteiger partial charge in [-0.1, -0.05) is 26.3 Å². The Labute approximate surface area is 133 Å². The van der Waals surface area contributed by atoms with E-state index in [-0.39, 0.29) is 10.8 Å². The third-order valence-electron chi connectivity index (χ3n) is 8.02. The highest BCUT2D eigenvalue weighted by atomic mass is 16.1. The van der Waals surface area contributed by atoms with Crippen molar-refractivity contribution in [3.63, 3.8) is 0 Å². The van der Waals surface area contributed by atoms with Gasteiger partial charge in [-0.05, 0) is 67.3 Å². The fourth-order valence-corrected chi connectivity index (χ4v) is 6.68. The minimum Gasteiger partial charge on any atom is -0.299 e. The molecule has 0 spiro atoms. The Hall–Kier alpha value is -0.920. The van der Waals surface area contributed by atoms with E-state index in [1.54, 1.807) is 0 Å². The van der Waals surface area contributed by atoms with Crippen molar-refractivity contribution in [1.29, 1.82) is 0 Å². The van der Waals surface area contributed by atoms with Gasteiger partial charge >= 0.3 is 0 Å². The molecule has 4 aliphatic carbocycles. The molecule has 6 atom stereocenters. The number of carbonyl (C=O) groups is 2. The van der Waals surface area contributed by atoms with Crippen LogP contribution in [0.5, 0.6) is 0 Å². The minimum absolute atomic E-state index is 0.0442. The first-order valence-electron chi connectivity index (χ1n) is 9.13. The van der Waals surface area contributed by atoms with Crippen LogP contribution in [0.4, 0.5) is 0 Å². The molecule has 0 radical (unpaired) electrons. The molecule has 0 N–H and O–H groups in total. The van der Waals surface area contributed by atoms with Gasteiger partial charge in [0.05, 0.1) is 0 Å². The van der Waals surface area contributed by atoms with E-state index in [4.69, 9.17) is 0 Å². The standard InChI is InChI=1S/C20H28O2/c1-12-10-13-11-14(21)6-8-19(13,2)16-7-9-20(3)15(18(12)16)4-5-17(20)22/h11-12,15-16,18H,4-10H2,1-3H3/t12-,15+,16+,18+,19+,20+/m1/s1. The van der Waals surface area contributed by atoms with Gasteiger partial charge in [-0.15, -0.1) is 0 Å². The molecule has 2 heteroatoms. The largest absolute Gasteiger partial charge is 0.299 e. The molecule has 0 aromatic carbocycles. The Morgan fingerprint density at radius 2 is 1.73 bits per heavy atom. The highest BCUT2D eigenvalue weighted by Crippen LogP contribution is 2.65. The Morgan fingerprint density at radius 1 is 1.00 bits per heavy atom. The lowest BCUT2D eigenvalue weighted by molar-refractivity contribution is -0.134. The number of rotatable bonds is 0. The molecular formula is C20H28O2. The van der Waals surface area contributed by atoms with Gasteiger partial charge in [0.15, 0.2) is 5.78 Å². The summed E-state index contributed by atoms with van der Waals surface area (Å²) in [5.74, 6) is 3.42. The molecule has 0 unspecified atom stereocenters. The van der Waals surface area contributed by atoms with Crippen LogP contribution in [-0.4, -0.2) is 11.6 Å². The number of hydrogen-bond acceptors (Lipinski definition) is 2. The number of ketones is 2.